The van der Waals surface area contributed by atoms with Gasteiger partial charge in [-0.05, 0) is 41.5 Å². The number of carbonyl (C=O) groups excluding carboxylic acids is 2. The number of alkyl carbamates (subject to hydrolysis) is 1. The quantitative estimate of drug-likeness (QED) is 0.513. The highest BCUT2D eigenvalue weighted by atomic mass is 16.5. The molecule has 3 atom stereocenters. The lowest BCUT2D eigenvalue weighted by atomic mass is 9.91. The fourth-order valence-corrected chi connectivity index (χ4v) is 4.69. The molecule has 2 aliphatic carbocycles. The van der Waals surface area contributed by atoms with Gasteiger partial charge < -0.3 is 20.5 Å². The van der Waals surface area contributed by atoms with Crippen LogP contribution in [0.5, 0.6) is 0 Å². The molecular weight excluding hydrogens is 432 g/mol. The SMILES string of the molecule is CC(CCNC(=O)OCC1c2ccccc2-c2ccccc21)C(=O)N[C@H]1C=CC[C@H](C(=O)O)C1. The predicted molar refractivity (Wildman–Crippen MR) is 128 cm³/mol. The number of benzene rings is 2. The number of rotatable bonds is 8. The van der Waals surface area contributed by atoms with Crippen molar-refractivity contribution in [1.29, 1.82) is 0 Å². The van der Waals surface area contributed by atoms with Gasteiger partial charge in [0, 0.05) is 24.4 Å². The van der Waals surface area contributed by atoms with Gasteiger partial charge in [-0.2, -0.15) is 0 Å². The molecule has 0 spiro atoms. The largest absolute Gasteiger partial charge is 0.481 e. The van der Waals surface area contributed by atoms with Gasteiger partial charge in [0.2, 0.25) is 5.91 Å². The Morgan fingerprint density at radius 3 is 2.35 bits per heavy atom. The number of hydrogen-bond acceptors (Lipinski definition) is 4. The van der Waals surface area contributed by atoms with Gasteiger partial charge in [0.25, 0.3) is 0 Å². The second-order valence-corrected chi connectivity index (χ2v) is 8.99. The number of amides is 2. The zero-order chi connectivity index (χ0) is 24.1. The van der Waals surface area contributed by atoms with Gasteiger partial charge in [-0.15, -0.1) is 0 Å². The number of ether oxygens (including phenoxy) is 1. The van der Waals surface area contributed by atoms with Crippen LogP contribution in [-0.2, 0) is 14.3 Å². The Hall–Kier alpha value is -3.61. The molecule has 4 rings (SSSR count). The van der Waals surface area contributed by atoms with Crippen LogP contribution in [0.15, 0.2) is 60.7 Å². The zero-order valence-electron chi connectivity index (χ0n) is 19.2. The van der Waals surface area contributed by atoms with Crippen molar-refractivity contribution in [2.45, 2.75) is 38.1 Å². The molecule has 2 amide bonds. The number of aliphatic carboxylic acids is 1. The van der Waals surface area contributed by atoms with Gasteiger partial charge in [-0.25, -0.2) is 4.79 Å². The fourth-order valence-electron chi connectivity index (χ4n) is 4.69. The number of carboxylic acid groups (broad SMARTS) is 1. The molecule has 0 aromatic heterocycles. The summed E-state index contributed by atoms with van der Waals surface area (Å²) in [7, 11) is 0. The number of nitrogens with one attached hydrogen (secondary N) is 2. The Kier molecular flexibility index (Phi) is 7.30. The van der Waals surface area contributed by atoms with E-state index in [9.17, 15) is 19.5 Å². The average molecular weight is 463 g/mol. The van der Waals surface area contributed by atoms with Crippen LogP contribution < -0.4 is 10.6 Å². The first-order chi connectivity index (χ1) is 16.4. The van der Waals surface area contributed by atoms with Crippen molar-refractivity contribution in [2.24, 2.45) is 11.8 Å². The molecule has 2 aromatic carbocycles. The molecule has 0 saturated carbocycles. The van der Waals surface area contributed by atoms with E-state index in [1.807, 2.05) is 30.3 Å². The van der Waals surface area contributed by atoms with Crippen LogP contribution in [0, 0.1) is 11.8 Å². The van der Waals surface area contributed by atoms with Crippen LogP contribution in [-0.4, -0.2) is 42.3 Å². The first kappa shape index (κ1) is 23.5. The van der Waals surface area contributed by atoms with E-state index in [4.69, 9.17) is 4.74 Å². The lowest BCUT2D eigenvalue weighted by molar-refractivity contribution is -0.142. The van der Waals surface area contributed by atoms with Crippen LogP contribution in [0.4, 0.5) is 4.79 Å². The van der Waals surface area contributed by atoms with Crippen molar-refractivity contribution >= 4 is 18.0 Å². The molecule has 178 valence electrons. The summed E-state index contributed by atoms with van der Waals surface area (Å²) in [6.45, 7) is 2.34. The van der Waals surface area contributed by atoms with Crippen molar-refractivity contribution in [3.8, 4) is 11.1 Å². The highest BCUT2D eigenvalue weighted by Crippen LogP contribution is 2.44. The molecule has 0 saturated heterocycles. The van der Waals surface area contributed by atoms with E-state index in [1.165, 1.54) is 11.1 Å². The van der Waals surface area contributed by atoms with E-state index < -0.39 is 18.0 Å². The number of carboxylic acids is 1. The third-order valence-electron chi connectivity index (χ3n) is 6.64. The first-order valence-corrected chi connectivity index (χ1v) is 11.7. The predicted octanol–water partition coefficient (Wildman–Crippen LogP) is 4.09. The third kappa shape index (κ3) is 5.30. The van der Waals surface area contributed by atoms with Crippen LogP contribution >= 0.6 is 0 Å². The van der Waals surface area contributed by atoms with Gasteiger partial charge >= 0.3 is 12.1 Å². The topological polar surface area (TPSA) is 105 Å². The molecule has 0 fully saturated rings. The van der Waals surface area contributed by atoms with Crippen molar-refractivity contribution in [1.82, 2.24) is 10.6 Å². The highest BCUT2D eigenvalue weighted by Gasteiger charge is 2.29. The maximum atomic E-state index is 12.5. The Labute approximate surface area is 199 Å². The van der Waals surface area contributed by atoms with Crippen molar-refractivity contribution in [3.05, 3.63) is 71.8 Å². The summed E-state index contributed by atoms with van der Waals surface area (Å²) in [5, 5.41) is 14.8. The molecule has 34 heavy (non-hydrogen) atoms. The minimum Gasteiger partial charge on any atom is -0.481 e. The monoisotopic (exact) mass is 462 g/mol. The zero-order valence-corrected chi connectivity index (χ0v) is 19.2. The molecule has 3 N–H and O–H groups in total. The van der Waals surface area contributed by atoms with Gasteiger partial charge in [0.05, 0.1) is 5.92 Å². The van der Waals surface area contributed by atoms with Gasteiger partial charge in [0.15, 0.2) is 0 Å². The Morgan fingerprint density at radius 1 is 1.06 bits per heavy atom. The number of hydrogen-bond donors (Lipinski definition) is 3. The standard InChI is InChI=1S/C27H30N2O5/c1-17(25(30)29-19-8-6-7-18(15-19)26(31)32)13-14-28-27(33)34-16-24-22-11-4-2-9-20(22)21-10-3-5-12-23(21)24/h2-6,8-12,17-19,24H,7,13-16H2,1H3,(H,28,33)(H,29,30)(H,31,32)/t17?,18-,19-/m0/s1. The Balaban J connectivity index is 1.21. The summed E-state index contributed by atoms with van der Waals surface area (Å²) < 4.78 is 5.52. The highest BCUT2D eigenvalue weighted by molar-refractivity contribution is 5.80. The van der Waals surface area contributed by atoms with E-state index in [0.717, 1.165) is 11.1 Å². The molecule has 1 unspecified atom stereocenters. The van der Waals surface area contributed by atoms with Crippen LogP contribution in [0.2, 0.25) is 0 Å². The minimum atomic E-state index is -0.844. The molecular formula is C27H30N2O5. The number of carbonyl (C=O) groups is 3. The van der Waals surface area contributed by atoms with E-state index in [2.05, 4.69) is 34.9 Å². The van der Waals surface area contributed by atoms with Gasteiger partial charge in [0.1, 0.15) is 6.61 Å². The van der Waals surface area contributed by atoms with Gasteiger partial charge in [-0.3, -0.25) is 9.59 Å². The second kappa shape index (κ2) is 10.5. The molecule has 0 aliphatic heterocycles. The maximum absolute atomic E-state index is 12.5. The number of fused-ring (bicyclic) bond motifs is 3. The van der Waals surface area contributed by atoms with E-state index in [0.29, 0.717) is 25.8 Å². The van der Waals surface area contributed by atoms with E-state index >= 15 is 0 Å². The van der Waals surface area contributed by atoms with Crippen LogP contribution in [0.25, 0.3) is 11.1 Å². The average Bonchev–Trinajstić information content (AvgIpc) is 3.16. The van der Waals surface area contributed by atoms with E-state index in [1.54, 1.807) is 13.0 Å². The van der Waals surface area contributed by atoms with Gasteiger partial charge in [-0.1, -0.05) is 67.6 Å². The van der Waals surface area contributed by atoms with Crippen LogP contribution in [0.3, 0.4) is 0 Å². The molecule has 7 heteroatoms. The molecule has 7 nitrogen and oxygen atoms in total. The summed E-state index contributed by atoms with van der Waals surface area (Å²) in [6.07, 6.45) is 4.47. The minimum absolute atomic E-state index is 0.000952. The van der Waals surface area contributed by atoms with Crippen LogP contribution in [0.1, 0.15) is 43.2 Å². The maximum Gasteiger partial charge on any atom is 0.407 e. The first-order valence-electron chi connectivity index (χ1n) is 11.7. The summed E-state index contributed by atoms with van der Waals surface area (Å²) in [4.78, 5) is 35.9. The number of allylic oxidation sites excluding steroid dienone is 1. The summed E-state index contributed by atoms with van der Waals surface area (Å²) in [6, 6.07) is 16.1. The molecule has 0 heterocycles. The lowest BCUT2D eigenvalue weighted by Crippen LogP contribution is -2.41. The summed E-state index contributed by atoms with van der Waals surface area (Å²) in [5.41, 5.74) is 4.66. The molecule has 2 aliphatic rings. The van der Waals surface area contributed by atoms with Crippen molar-refractivity contribution in [2.75, 3.05) is 13.2 Å². The van der Waals surface area contributed by atoms with Crippen molar-refractivity contribution in [3.63, 3.8) is 0 Å². The fraction of sp³-hybridized carbons (Fsp3) is 0.370. The Bertz CT molecular complexity index is 1050. The van der Waals surface area contributed by atoms with E-state index in [-0.39, 0.29) is 30.4 Å². The Morgan fingerprint density at radius 2 is 1.71 bits per heavy atom. The van der Waals surface area contributed by atoms with Crippen molar-refractivity contribution < 1.29 is 24.2 Å². The molecule has 2 aromatic rings. The molecule has 0 bridgehead atoms. The third-order valence-corrected chi connectivity index (χ3v) is 6.64. The summed E-state index contributed by atoms with van der Waals surface area (Å²) >= 11 is 0. The molecule has 0 radical (unpaired) electrons. The summed E-state index contributed by atoms with van der Waals surface area (Å²) in [5.74, 6) is -1.80. The second-order valence-electron chi connectivity index (χ2n) is 8.99. The lowest BCUT2D eigenvalue weighted by Gasteiger charge is -2.24. The normalized spacial score (nSPS) is 19.6. The smallest absolute Gasteiger partial charge is 0.407 e.